The molecule has 0 aliphatic carbocycles. The lowest BCUT2D eigenvalue weighted by Gasteiger charge is -2.00. The second kappa shape index (κ2) is 3.94. The first-order valence-corrected chi connectivity index (χ1v) is 4.74. The van der Waals surface area contributed by atoms with Crippen molar-refractivity contribution >= 4 is 11.8 Å². The Morgan fingerprint density at radius 1 is 1.58 bits per heavy atom. The maximum Gasteiger partial charge on any atom is 0.0642 e. The van der Waals surface area contributed by atoms with Crippen molar-refractivity contribution in [3.05, 3.63) is 17.5 Å². The van der Waals surface area contributed by atoms with E-state index in [0.717, 1.165) is 24.2 Å². The van der Waals surface area contributed by atoms with Crippen molar-refractivity contribution < 1.29 is 0 Å². The highest BCUT2D eigenvalue weighted by Gasteiger charge is 2.08. The number of nitrogens with zero attached hydrogens (tertiary/aromatic N) is 2. The molecule has 12 heavy (non-hydrogen) atoms. The summed E-state index contributed by atoms with van der Waals surface area (Å²) in [6.45, 7) is 6.37. The molecule has 0 radical (unpaired) electrons. The van der Waals surface area contributed by atoms with E-state index in [1.807, 2.05) is 0 Å². The van der Waals surface area contributed by atoms with E-state index in [0.29, 0.717) is 5.92 Å². The van der Waals surface area contributed by atoms with Gasteiger partial charge in [-0.2, -0.15) is 9.30 Å². The Bertz CT molecular complexity index is 253. The van der Waals surface area contributed by atoms with Gasteiger partial charge in [0.2, 0.25) is 0 Å². The van der Waals surface area contributed by atoms with Gasteiger partial charge in [0.15, 0.2) is 0 Å². The minimum absolute atomic E-state index is 0.445. The van der Waals surface area contributed by atoms with Gasteiger partial charge in [-0.25, -0.2) is 0 Å². The predicted octanol–water partition coefficient (Wildman–Crippen LogP) is 2.96. The third-order valence-corrected chi connectivity index (χ3v) is 2.11. The molecule has 0 saturated carbocycles. The molecule has 3 heteroatoms. The SMILES string of the molecule is CCCc1cc(C(C)C)n(Cl)n1. The van der Waals surface area contributed by atoms with Crippen molar-refractivity contribution in [3.8, 4) is 0 Å². The third kappa shape index (κ3) is 2.01. The molecule has 68 valence electrons. The van der Waals surface area contributed by atoms with Gasteiger partial charge in [-0.3, -0.25) is 0 Å². The van der Waals surface area contributed by atoms with E-state index in [4.69, 9.17) is 11.8 Å². The van der Waals surface area contributed by atoms with Crippen LogP contribution in [0.5, 0.6) is 0 Å². The Morgan fingerprint density at radius 2 is 2.25 bits per heavy atom. The lowest BCUT2D eigenvalue weighted by molar-refractivity contribution is 0.771. The number of aryl methyl sites for hydroxylation is 1. The van der Waals surface area contributed by atoms with Crippen molar-refractivity contribution in [2.24, 2.45) is 0 Å². The molecule has 1 rings (SSSR count). The van der Waals surface area contributed by atoms with Crippen LogP contribution in [-0.4, -0.2) is 9.30 Å². The number of aromatic nitrogens is 2. The monoisotopic (exact) mass is 186 g/mol. The van der Waals surface area contributed by atoms with Crippen molar-refractivity contribution in [1.29, 1.82) is 0 Å². The third-order valence-electron chi connectivity index (χ3n) is 1.84. The molecule has 0 unspecified atom stereocenters. The molecule has 0 aliphatic rings. The first-order chi connectivity index (χ1) is 5.65. The van der Waals surface area contributed by atoms with Crippen LogP contribution < -0.4 is 0 Å². The van der Waals surface area contributed by atoms with Gasteiger partial charge < -0.3 is 0 Å². The van der Waals surface area contributed by atoms with Gasteiger partial charge in [0.05, 0.1) is 11.4 Å². The van der Waals surface area contributed by atoms with Crippen LogP contribution in [0.4, 0.5) is 0 Å². The largest absolute Gasteiger partial charge is 0.176 e. The van der Waals surface area contributed by atoms with Crippen LogP contribution in [0.15, 0.2) is 6.07 Å². The van der Waals surface area contributed by atoms with Gasteiger partial charge in [0.1, 0.15) is 0 Å². The second-order valence-electron chi connectivity index (χ2n) is 3.33. The van der Waals surface area contributed by atoms with Gasteiger partial charge in [0, 0.05) is 11.8 Å². The van der Waals surface area contributed by atoms with E-state index < -0.39 is 0 Å². The Morgan fingerprint density at radius 3 is 2.67 bits per heavy atom. The van der Waals surface area contributed by atoms with Crippen molar-refractivity contribution in [1.82, 2.24) is 9.30 Å². The van der Waals surface area contributed by atoms with Crippen LogP contribution >= 0.6 is 11.8 Å². The Hall–Kier alpha value is -0.500. The van der Waals surface area contributed by atoms with Crippen LogP contribution in [0.25, 0.3) is 0 Å². The summed E-state index contributed by atoms with van der Waals surface area (Å²) in [6.07, 6.45) is 2.13. The topological polar surface area (TPSA) is 17.8 Å². The zero-order valence-corrected chi connectivity index (χ0v) is 8.60. The number of hydrogen-bond acceptors (Lipinski definition) is 1. The van der Waals surface area contributed by atoms with Crippen LogP contribution in [-0.2, 0) is 6.42 Å². The normalized spacial score (nSPS) is 11.1. The van der Waals surface area contributed by atoms with Crippen LogP contribution in [0, 0.1) is 0 Å². The van der Waals surface area contributed by atoms with Crippen molar-refractivity contribution in [2.45, 2.75) is 39.5 Å². The predicted molar refractivity (Wildman–Crippen MR) is 51.6 cm³/mol. The highest BCUT2D eigenvalue weighted by molar-refractivity contribution is 6.15. The van der Waals surface area contributed by atoms with Crippen LogP contribution in [0.3, 0.4) is 0 Å². The van der Waals surface area contributed by atoms with Gasteiger partial charge in [0.25, 0.3) is 0 Å². The fourth-order valence-electron chi connectivity index (χ4n) is 1.18. The molecule has 0 atom stereocenters. The first-order valence-electron chi connectivity index (χ1n) is 4.40. The Balaban J connectivity index is 2.85. The molecule has 0 fully saturated rings. The van der Waals surface area contributed by atoms with E-state index >= 15 is 0 Å². The quantitative estimate of drug-likeness (QED) is 0.710. The molecule has 1 heterocycles. The number of halogens is 1. The van der Waals surface area contributed by atoms with E-state index in [2.05, 4.69) is 31.9 Å². The molecule has 0 amide bonds. The van der Waals surface area contributed by atoms with E-state index in [1.165, 1.54) is 4.20 Å². The second-order valence-corrected chi connectivity index (χ2v) is 3.65. The number of hydrogen-bond donors (Lipinski definition) is 0. The van der Waals surface area contributed by atoms with E-state index in [1.54, 1.807) is 0 Å². The average molecular weight is 187 g/mol. The minimum atomic E-state index is 0.445. The summed E-state index contributed by atoms with van der Waals surface area (Å²) < 4.78 is 1.47. The van der Waals surface area contributed by atoms with Crippen molar-refractivity contribution in [3.63, 3.8) is 0 Å². The molecular formula is C9H15ClN2. The lowest BCUT2D eigenvalue weighted by atomic mass is 10.1. The summed E-state index contributed by atoms with van der Waals surface area (Å²) in [4.78, 5) is 0. The first kappa shape index (κ1) is 9.59. The maximum absolute atomic E-state index is 5.88. The summed E-state index contributed by atoms with van der Waals surface area (Å²) in [5, 5.41) is 4.20. The molecular weight excluding hydrogens is 172 g/mol. The summed E-state index contributed by atoms with van der Waals surface area (Å²) in [5.41, 5.74) is 2.19. The zero-order chi connectivity index (χ0) is 9.14. The Kier molecular flexibility index (Phi) is 3.15. The molecule has 0 aliphatic heterocycles. The fraction of sp³-hybridized carbons (Fsp3) is 0.667. The van der Waals surface area contributed by atoms with Gasteiger partial charge in [-0.15, -0.1) is 0 Å². The fourth-order valence-corrected chi connectivity index (χ4v) is 1.52. The molecule has 2 nitrogen and oxygen atoms in total. The maximum atomic E-state index is 5.88. The van der Waals surface area contributed by atoms with Crippen molar-refractivity contribution in [2.75, 3.05) is 0 Å². The Labute approximate surface area is 78.6 Å². The van der Waals surface area contributed by atoms with Gasteiger partial charge >= 0.3 is 0 Å². The van der Waals surface area contributed by atoms with E-state index in [-0.39, 0.29) is 0 Å². The summed E-state index contributed by atoms with van der Waals surface area (Å²) in [5.74, 6) is 0.445. The molecule has 0 aromatic carbocycles. The summed E-state index contributed by atoms with van der Waals surface area (Å²) in [6, 6.07) is 2.08. The molecule has 1 aromatic heterocycles. The van der Waals surface area contributed by atoms with Crippen LogP contribution in [0.2, 0.25) is 0 Å². The standard InChI is InChI=1S/C9H15ClN2/c1-4-5-8-6-9(7(2)3)12(10)11-8/h6-7H,4-5H2,1-3H3. The molecule has 0 saturated heterocycles. The molecule has 0 N–H and O–H groups in total. The smallest absolute Gasteiger partial charge is 0.0642 e. The van der Waals surface area contributed by atoms with Gasteiger partial charge in [-0.1, -0.05) is 27.2 Å². The zero-order valence-electron chi connectivity index (χ0n) is 7.84. The molecule has 1 aromatic rings. The highest BCUT2D eigenvalue weighted by Crippen LogP contribution is 2.17. The molecule has 0 bridgehead atoms. The van der Waals surface area contributed by atoms with Crippen LogP contribution in [0.1, 0.15) is 44.5 Å². The summed E-state index contributed by atoms with van der Waals surface area (Å²) >= 11 is 5.88. The summed E-state index contributed by atoms with van der Waals surface area (Å²) in [7, 11) is 0. The van der Waals surface area contributed by atoms with Gasteiger partial charge in [-0.05, 0) is 18.4 Å². The average Bonchev–Trinajstić information content (AvgIpc) is 2.32. The minimum Gasteiger partial charge on any atom is -0.176 e. The lowest BCUT2D eigenvalue weighted by Crippen LogP contribution is -1.94. The van der Waals surface area contributed by atoms with E-state index in [9.17, 15) is 0 Å². The number of rotatable bonds is 3. The highest BCUT2D eigenvalue weighted by atomic mass is 35.5. The molecule has 0 spiro atoms.